The number of hydrazone groups is 1. The van der Waals surface area contributed by atoms with E-state index in [4.69, 9.17) is 9.47 Å². The predicted molar refractivity (Wildman–Crippen MR) is 97.3 cm³/mol. The lowest BCUT2D eigenvalue weighted by molar-refractivity contribution is -0.114. The van der Waals surface area contributed by atoms with Gasteiger partial charge in [0, 0.05) is 11.6 Å². The molecule has 25 heavy (non-hydrogen) atoms. The number of methoxy groups -OCH3 is 2. The van der Waals surface area contributed by atoms with Crippen molar-refractivity contribution in [1.29, 1.82) is 0 Å². The third kappa shape index (κ3) is 3.05. The lowest BCUT2D eigenvalue weighted by Crippen LogP contribution is -2.30. The summed E-state index contributed by atoms with van der Waals surface area (Å²) in [6.07, 6.45) is 3.20. The van der Waals surface area contributed by atoms with Gasteiger partial charge in [0.25, 0.3) is 11.9 Å². The first-order chi connectivity index (χ1) is 12.1. The van der Waals surface area contributed by atoms with Crippen molar-refractivity contribution in [3.05, 3.63) is 29.5 Å². The van der Waals surface area contributed by atoms with E-state index in [0.717, 1.165) is 29.8 Å². The Morgan fingerprint density at radius 3 is 2.48 bits per heavy atom. The van der Waals surface area contributed by atoms with Crippen LogP contribution in [0.2, 0.25) is 0 Å². The van der Waals surface area contributed by atoms with Crippen molar-refractivity contribution in [2.24, 2.45) is 15.1 Å². The first-order valence-corrected chi connectivity index (χ1v) is 8.13. The monoisotopic (exact) mass is 340 g/mol. The highest BCUT2D eigenvalue weighted by atomic mass is 16.5. The quantitative estimate of drug-likeness (QED) is 0.772. The van der Waals surface area contributed by atoms with Gasteiger partial charge in [-0.05, 0) is 31.1 Å². The van der Waals surface area contributed by atoms with E-state index in [2.05, 4.69) is 15.1 Å². The molecule has 3 rings (SSSR count). The van der Waals surface area contributed by atoms with E-state index in [1.807, 2.05) is 19.9 Å². The summed E-state index contributed by atoms with van der Waals surface area (Å²) < 4.78 is 10.6. The molecular formula is C18H20N4O3. The van der Waals surface area contributed by atoms with Gasteiger partial charge in [-0.1, -0.05) is 13.8 Å². The molecule has 0 saturated heterocycles. The maximum Gasteiger partial charge on any atom is 0.299 e. The summed E-state index contributed by atoms with van der Waals surface area (Å²) in [6.45, 7) is 4.02. The van der Waals surface area contributed by atoms with Crippen LogP contribution in [0.1, 0.15) is 32.3 Å². The van der Waals surface area contributed by atoms with E-state index >= 15 is 0 Å². The molecule has 0 radical (unpaired) electrons. The number of fused-ring (bicyclic) bond motifs is 1. The average Bonchev–Trinajstić information content (AvgIpc) is 2.95. The number of benzene rings is 1. The Labute approximate surface area is 146 Å². The maximum absolute atomic E-state index is 12.4. The van der Waals surface area contributed by atoms with Gasteiger partial charge in [0.2, 0.25) is 0 Å². The van der Waals surface area contributed by atoms with E-state index in [-0.39, 0.29) is 5.91 Å². The summed E-state index contributed by atoms with van der Waals surface area (Å²) in [5.41, 5.74) is 2.82. The summed E-state index contributed by atoms with van der Waals surface area (Å²) in [5, 5.41) is 6.07. The first kappa shape index (κ1) is 16.9. The van der Waals surface area contributed by atoms with Crippen LogP contribution < -0.4 is 9.47 Å². The van der Waals surface area contributed by atoms with Crippen molar-refractivity contribution in [2.75, 3.05) is 14.2 Å². The topological polar surface area (TPSA) is 75.8 Å². The third-order valence-electron chi connectivity index (χ3n) is 4.03. The second-order valence-corrected chi connectivity index (χ2v) is 5.48. The molecule has 0 bridgehead atoms. The van der Waals surface area contributed by atoms with Crippen LogP contribution in [0, 0.1) is 0 Å². The molecule has 0 fully saturated rings. The Balaban J connectivity index is 2.02. The van der Waals surface area contributed by atoms with E-state index in [0.29, 0.717) is 23.2 Å². The molecule has 0 aliphatic carbocycles. The number of ether oxygens (including phenoxy) is 2. The Morgan fingerprint density at radius 2 is 1.84 bits per heavy atom. The number of aliphatic imine (C=N–C) groups is 2. The minimum atomic E-state index is -0.367. The smallest absolute Gasteiger partial charge is 0.299 e. The zero-order valence-electron chi connectivity index (χ0n) is 14.7. The fourth-order valence-electron chi connectivity index (χ4n) is 2.69. The molecule has 1 aromatic rings. The number of carbonyl (C=O) groups excluding carboxylic acids is 1. The highest BCUT2D eigenvalue weighted by Gasteiger charge is 2.33. The molecule has 2 heterocycles. The van der Waals surface area contributed by atoms with Crippen LogP contribution in [0.3, 0.4) is 0 Å². The number of guanidine groups is 1. The Kier molecular flexibility index (Phi) is 4.65. The second-order valence-electron chi connectivity index (χ2n) is 5.48. The molecule has 7 heteroatoms. The standard InChI is InChI=1S/C18H20N4O3/c1-5-13-14(6-2)21-22-15(17(23)20-18(22)19-13)9-11-7-8-12(24-3)10-16(11)25-4/h7-10H,5-6H2,1-4H3. The zero-order valence-corrected chi connectivity index (χ0v) is 14.7. The maximum atomic E-state index is 12.4. The number of amides is 1. The fraction of sp³-hybridized carbons (Fsp3) is 0.333. The third-order valence-corrected chi connectivity index (χ3v) is 4.03. The lowest BCUT2D eigenvalue weighted by atomic mass is 10.1. The van der Waals surface area contributed by atoms with Gasteiger partial charge in [-0.2, -0.15) is 15.1 Å². The van der Waals surface area contributed by atoms with Gasteiger partial charge in [-0.15, -0.1) is 0 Å². The highest BCUT2D eigenvalue weighted by molar-refractivity contribution is 6.45. The van der Waals surface area contributed by atoms with Crippen LogP contribution in [0.25, 0.3) is 6.08 Å². The molecular weight excluding hydrogens is 320 g/mol. The van der Waals surface area contributed by atoms with Crippen LogP contribution in [0.4, 0.5) is 0 Å². The lowest BCUT2D eigenvalue weighted by Gasteiger charge is -2.20. The highest BCUT2D eigenvalue weighted by Crippen LogP contribution is 2.30. The van der Waals surface area contributed by atoms with E-state index in [1.54, 1.807) is 32.4 Å². The SMILES string of the molecule is CCC1=NC2=NC(=O)C(=Cc3ccc(OC)cc3OC)N2N=C1CC. The van der Waals surface area contributed by atoms with Crippen LogP contribution >= 0.6 is 0 Å². The Morgan fingerprint density at radius 1 is 1.08 bits per heavy atom. The minimum Gasteiger partial charge on any atom is -0.497 e. The average molecular weight is 340 g/mol. The van der Waals surface area contributed by atoms with Gasteiger partial charge in [-0.3, -0.25) is 4.79 Å². The second kappa shape index (κ2) is 6.88. The summed E-state index contributed by atoms with van der Waals surface area (Å²) in [7, 11) is 3.16. The van der Waals surface area contributed by atoms with Crippen molar-refractivity contribution in [3.63, 3.8) is 0 Å². The Bertz CT molecular complexity index is 837. The molecule has 0 atom stereocenters. The molecule has 0 spiro atoms. The normalized spacial score (nSPS) is 17.9. The van der Waals surface area contributed by atoms with Crippen molar-refractivity contribution in [3.8, 4) is 11.5 Å². The van der Waals surface area contributed by atoms with Gasteiger partial charge < -0.3 is 9.47 Å². The summed E-state index contributed by atoms with van der Waals surface area (Å²) in [6, 6.07) is 5.39. The van der Waals surface area contributed by atoms with Crippen LogP contribution in [0.15, 0.2) is 39.0 Å². The molecule has 1 amide bonds. The number of hydrogen-bond donors (Lipinski definition) is 0. The molecule has 2 aliphatic heterocycles. The first-order valence-electron chi connectivity index (χ1n) is 8.13. The molecule has 0 N–H and O–H groups in total. The molecule has 7 nitrogen and oxygen atoms in total. The number of hydrogen-bond acceptors (Lipinski definition) is 6. The molecule has 0 unspecified atom stereocenters. The number of rotatable bonds is 5. The summed E-state index contributed by atoms with van der Waals surface area (Å²) in [4.78, 5) is 20.9. The molecule has 130 valence electrons. The van der Waals surface area contributed by atoms with Crippen molar-refractivity contribution < 1.29 is 14.3 Å². The van der Waals surface area contributed by atoms with Gasteiger partial charge in [-0.25, -0.2) is 4.99 Å². The van der Waals surface area contributed by atoms with Gasteiger partial charge in [0.15, 0.2) is 0 Å². The van der Waals surface area contributed by atoms with Crippen molar-refractivity contribution in [2.45, 2.75) is 26.7 Å². The Hall–Kier alpha value is -2.96. The van der Waals surface area contributed by atoms with Gasteiger partial charge in [0.05, 0.1) is 25.6 Å². The van der Waals surface area contributed by atoms with Gasteiger partial charge >= 0.3 is 0 Å². The largest absolute Gasteiger partial charge is 0.497 e. The van der Waals surface area contributed by atoms with Gasteiger partial charge in [0.1, 0.15) is 17.2 Å². The van der Waals surface area contributed by atoms with Crippen LogP contribution in [0.5, 0.6) is 11.5 Å². The molecule has 0 saturated carbocycles. The fourth-order valence-corrected chi connectivity index (χ4v) is 2.69. The van der Waals surface area contributed by atoms with Crippen LogP contribution in [-0.2, 0) is 4.79 Å². The predicted octanol–water partition coefficient (Wildman–Crippen LogP) is 2.87. The van der Waals surface area contributed by atoms with E-state index in [9.17, 15) is 4.79 Å². The molecule has 2 aliphatic rings. The van der Waals surface area contributed by atoms with Crippen molar-refractivity contribution >= 4 is 29.4 Å². The molecule has 0 aromatic heterocycles. The summed E-state index contributed by atoms with van der Waals surface area (Å²) >= 11 is 0. The van der Waals surface area contributed by atoms with E-state index < -0.39 is 0 Å². The van der Waals surface area contributed by atoms with E-state index in [1.165, 1.54) is 5.01 Å². The summed E-state index contributed by atoms with van der Waals surface area (Å²) in [5.74, 6) is 1.23. The van der Waals surface area contributed by atoms with Crippen LogP contribution in [-0.4, -0.2) is 42.5 Å². The zero-order chi connectivity index (χ0) is 18.0. The minimum absolute atomic E-state index is 0.317. The number of nitrogens with zero attached hydrogens (tertiary/aromatic N) is 4. The molecule has 1 aromatic carbocycles. The number of carbonyl (C=O) groups is 1. The van der Waals surface area contributed by atoms with Crippen molar-refractivity contribution in [1.82, 2.24) is 5.01 Å².